The van der Waals surface area contributed by atoms with E-state index in [1.54, 1.807) is 34.1 Å². The summed E-state index contributed by atoms with van der Waals surface area (Å²) < 4.78 is 13.1. The fourth-order valence-corrected chi connectivity index (χ4v) is 3.57. The van der Waals surface area contributed by atoms with Gasteiger partial charge in [-0.05, 0) is 54.4 Å². The zero-order valence-electron chi connectivity index (χ0n) is 17.5. The van der Waals surface area contributed by atoms with Crippen molar-refractivity contribution in [2.45, 2.75) is 19.9 Å². The number of hydrogen-bond donors (Lipinski definition) is 1. The molecule has 1 heterocycles. The van der Waals surface area contributed by atoms with E-state index in [-0.39, 0.29) is 23.6 Å². The maximum Gasteiger partial charge on any atom is 0.253 e. The summed E-state index contributed by atoms with van der Waals surface area (Å²) in [5.41, 5.74) is 0.842. The minimum atomic E-state index is -0.678. The van der Waals surface area contributed by atoms with E-state index < -0.39 is 11.9 Å². The Hall–Kier alpha value is -2.93. The number of piperazine rings is 1. The van der Waals surface area contributed by atoms with Crippen LogP contribution in [0.1, 0.15) is 34.6 Å². The Labute approximate surface area is 186 Å². The van der Waals surface area contributed by atoms with Crippen molar-refractivity contribution < 1.29 is 18.8 Å². The van der Waals surface area contributed by atoms with E-state index in [9.17, 15) is 18.8 Å². The van der Waals surface area contributed by atoms with Gasteiger partial charge < -0.3 is 15.1 Å². The van der Waals surface area contributed by atoms with Gasteiger partial charge in [0.1, 0.15) is 11.9 Å². The van der Waals surface area contributed by atoms with Crippen molar-refractivity contribution in [3.8, 4) is 0 Å². The van der Waals surface area contributed by atoms with Crippen LogP contribution in [-0.4, -0.2) is 59.7 Å². The van der Waals surface area contributed by atoms with Gasteiger partial charge in [0, 0.05) is 42.3 Å². The molecule has 3 amide bonds. The van der Waals surface area contributed by atoms with Gasteiger partial charge in [-0.2, -0.15) is 0 Å². The molecule has 1 atom stereocenters. The number of nitrogens with one attached hydrogen (secondary N) is 1. The number of halogens is 2. The topological polar surface area (TPSA) is 69.7 Å². The van der Waals surface area contributed by atoms with Gasteiger partial charge in [0.15, 0.2) is 0 Å². The van der Waals surface area contributed by atoms with Crippen LogP contribution < -0.4 is 5.32 Å². The first-order valence-electron chi connectivity index (χ1n) is 10.2. The van der Waals surface area contributed by atoms with Crippen molar-refractivity contribution in [3.63, 3.8) is 0 Å². The van der Waals surface area contributed by atoms with E-state index in [4.69, 9.17) is 11.6 Å². The second-order valence-corrected chi connectivity index (χ2v) is 8.26. The largest absolute Gasteiger partial charge is 0.340 e. The number of carbonyl (C=O) groups excluding carboxylic acids is 3. The van der Waals surface area contributed by atoms with Crippen LogP contribution in [0, 0.1) is 11.7 Å². The molecule has 1 N–H and O–H groups in total. The first kappa shape index (κ1) is 22.7. The first-order chi connectivity index (χ1) is 14.8. The summed E-state index contributed by atoms with van der Waals surface area (Å²) in [5.74, 6) is -1.21. The van der Waals surface area contributed by atoms with Crippen molar-refractivity contribution >= 4 is 29.3 Å². The minimum absolute atomic E-state index is 0.109. The van der Waals surface area contributed by atoms with E-state index in [0.717, 1.165) is 0 Å². The average molecular weight is 446 g/mol. The minimum Gasteiger partial charge on any atom is -0.340 e. The van der Waals surface area contributed by atoms with Gasteiger partial charge in [-0.3, -0.25) is 14.4 Å². The molecule has 3 rings (SSSR count). The van der Waals surface area contributed by atoms with Crippen molar-refractivity contribution in [1.82, 2.24) is 15.1 Å². The molecule has 1 unspecified atom stereocenters. The maximum absolute atomic E-state index is 13.1. The molecule has 1 fully saturated rings. The highest BCUT2D eigenvalue weighted by Gasteiger charge is 2.32. The lowest BCUT2D eigenvalue weighted by Gasteiger charge is -2.37. The Balaban J connectivity index is 1.60. The molecule has 0 bridgehead atoms. The molecule has 6 nitrogen and oxygen atoms in total. The molecule has 0 aromatic heterocycles. The highest BCUT2D eigenvalue weighted by Crippen LogP contribution is 2.14. The molecule has 0 saturated carbocycles. The summed E-state index contributed by atoms with van der Waals surface area (Å²) in [7, 11) is 0. The number of benzene rings is 2. The van der Waals surface area contributed by atoms with Crippen molar-refractivity contribution in [2.75, 3.05) is 26.2 Å². The lowest BCUT2D eigenvalue weighted by Crippen LogP contribution is -2.57. The average Bonchev–Trinajstić information content (AvgIpc) is 2.77. The third-order valence-electron chi connectivity index (χ3n) is 5.30. The van der Waals surface area contributed by atoms with Crippen LogP contribution >= 0.6 is 11.6 Å². The van der Waals surface area contributed by atoms with Crippen LogP contribution in [0.3, 0.4) is 0 Å². The zero-order chi connectivity index (χ0) is 22.5. The molecule has 2 aromatic rings. The van der Waals surface area contributed by atoms with Crippen LogP contribution in [0.15, 0.2) is 48.5 Å². The van der Waals surface area contributed by atoms with Gasteiger partial charge >= 0.3 is 0 Å². The normalized spacial score (nSPS) is 15.0. The highest BCUT2D eigenvalue weighted by molar-refractivity contribution is 6.30. The Morgan fingerprint density at radius 2 is 1.39 bits per heavy atom. The molecule has 0 radical (unpaired) electrons. The SMILES string of the molecule is CC(C)C(NC(=O)c1ccc(Cl)cc1)C(=O)N1CCN(C(=O)c2ccc(F)cc2)CC1. The van der Waals surface area contributed by atoms with Gasteiger partial charge in [0.25, 0.3) is 11.8 Å². The molecule has 2 aromatic carbocycles. The second kappa shape index (κ2) is 9.92. The molecule has 1 aliphatic rings. The number of nitrogens with zero attached hydrogens (tertiary/aromatic N) is 2. The van der Waals surface area contributed by atoms with Crippen LogP contribution in [0.5, 0.6) is 0 Å². The lowest BCUT2D eigenvalue weighted by molar-refractivity contribution is -0.135. The third kappa shape index (κ3) is 5.61. The van der Waals surface area contributed by atoms with E-state index >= 15 is 0 Å². The lowest BCUT2D eigenvalue weighted by atomic mass is 10.0. The van der Waals surface area contributed by atoms with E-state index in [0.29, 0.717) is 42.3 Å². The van der Waals surface area contributed by atoms with Gasteiger partial charge in [0.2, 0.25) is 5.91 Å². The predicted octanol–water partition coefficient (Wildman–Crippen LogP) is 3.22. The Kier molecular flexibility index (Phi) is 7.28. The monoisotopic (exact) mass is 445 g/mol. The summed E-state index contributed by atoms with van der Waals surface area (Å²) in [6.07, 6.45) is 0. The molecular formula is C23H25ClFN3O3. The molecule has 1 aliphatic heterocycles. The summed E-state index contributed by atoms with van der Waals surface area (Å²) in [6, 6.07) is 11.2. The summed E-state index contributed by atoms with van der Waals surface area (Å²) in [5, 5.41) is 3.35. The maximum atomic E-state index is 13.1. The van der Waals surface area contributed by atoms with Crippen LogP contribution in [0.2, 0.25) is 5.02 Å². The summed E-state index contributed by atoms with van der Waals surface area (Å²) >= 11 is 5.87. The van der Waals surface area contributed by atoms with Crippen LogP contribution in [0.4, 0.5) is 4.39 Å². The van der Waals surface area contributed by atoms with Crippen molar-refractivity contribution in [3.05, 3.63) is 70.5 Å². The fourth-order valence-electron chi connectivity index (χ4n) is 3.44. The van der Waals surface area contributed by atoms with Gasteiger partial charge in [-0.1, -0.05) is 25.4 Å². The van der Waals surface area contributed by atoms with Crippen molar-refractivity contribution in [1.29, 1.82) is 0 Å². The Morgan fingerprint density at radius 1 is 0.871 bits per heavy atom. The van der Waals surface area contributed by atoms with E-state index in [1.807, 2.05) is 13.8 Å². The number of hydrogen-bond acceptors (Lipinski definition) is 3. The molecule has 0 aliphatic carbocycles. The molecule has 31 heavy (non-hydrogen) atoms. The molecule has 0 spiro atoms. The molecular weight excluding hydrogens is 421 g/mol. The Bertz CT molecular complexity index is 940. The number of amides is 3. The van der Waals surface area contributed by atoms with Gasteiger partial charge in [-0.25, -0.2) is 4.39 Å². The van der Waals surface area contributed by atoms with Gasteiger partial charge in [-0.15, -0.1) is 0 Å². The number of carbonyl (C=O) groups is 3. The van der Waals surface area contributed by atoms with Crippen LogP contribution in [-0.2, 0) is 4.79 Å². The highest BCUT2D eigenvalue weighted by atomic mass is 35.5. The molecule has 164 valence electrons. The smallest absolute Gasteiger partial charge is 0.253 e. The first-order valence-corrected chi connectivity index (χ1v) is 10.5. The molecule has 1 saturated heterocycles. The van der Waals surface area contributed by atoms with Crippen LogP contribution in [0.25, 0.3) is 0 Å². The predicted molar refractivity (Wildman–Crippen MR) is 116 cm³/mol. The standard InChI is InChI=1S/C23H25ClFN3O3/c1-15(2)20(26-21(29)16-3-7-18(24)8-4-16)23(31)28-13-11-27(12-14-28)22(30)17-5-9-19(25)10-6-17/h3-10,15,20H,11-14H2,1-2H3,(H,26,29). The molecule has 8 heteroatoms. The quantitative estimate of drug-likeness (QED) is 0.768. The summed E-state index contributed by atoms with van der Waals surface area (Å²) in [6.45, 7) is 5.23. The summed E-state index contributed by atoms with van der Waals surface area (Å²) in [4.78, 5) is 41.6. The third-order valence-corrected chi connectivity index (χ3v) is 5.55. The van der Waals surface area contributed by atoms with Crippen molar-refractivity contribution in [2.24, 2.45) is 5.92 Å². The van der Waals surface area contributed by atoms with Gasteiger partial charge in [0.05, 0.1) is 0 Å². The fraction of sp³-hybridized carbons (Fsp3) is 0.348. The van der Waals surface area contributed by atoms with E-state index in [1.165, 1.54) is 24.3 Å². The Morgan fingerprint density at radius 3 is 1.94 bits per heavy atom. The number of rotatable bonds is 5. The second-order valence-electron chi connectivity index (χ2n) is 7.83. The van der Waals surface area contributed by atoms with E-state index in [2.05, 4.69) is 5.32 Å². The zero-order valence-corrected chi connectivity index (χ0v) is 18.2.